The van der Waals surface area contributed by atoms with Crippen molar-refractivity contribution >= 4 is 0 Å². The van der Waals surface area contributed by atoms with Gasteiger partial charge >= 0.3 is 6.61 Å². The summed E-state index contributed by atoms with van der Waals surface area (Å²) in [5.41, 5.74) is 0. The van der Waals surface area contributed by atoms with Gasteiger partial charge in [-0.05, 0) is 50.4 Å². The summed E-state index contributed by atoms with van der Waals surface area (Å²) in [5, 5.41) is 9.18. The van der Waals surface area contributed by atoms with Gasteiger partial charge in [0.15, 0.2) is 0 Å². The molecule has 2 nitrogen and oxygen atoms in total. The van der Waals surface area contributed by atoms with E-state index in [1.165, 1.54) is 19.3 Å². The van der Waals surface area contributed by atoms with Gasteiger partial charge in [-0.1, -0.05) is 54.4 Å². The van der Waals surface area contributed by atoms with Crippen LogP contribution in [-0.2, 0) is 4.74 Å². The van der Waals surface area contributed by atoms with E-state index in [-0.39, 0.29) is 12.2 Å². The van der Waals surface area contributed by atoms with Crippen LogP contribution in [0.1, 0.15) is 92.9 Å². The molecule has 2 atom stereocenters. The highest BCUT2D eigenvalue weighted by molar-refractivity contribution is 4.70. The number of halogens is 2. The second-order valence-corrected chi connectivity index (χ2v) is 6.11. The maximum atomic E-state index is 11.7. The maximum Gasteiger partial charge on any atom is 0.345 e. The average Bonchev–Trinajstić information content (AvgIpc) is 2.56. The van der Waals surface area contributed by atoms with Gasteiger partial charge in [0.1, 0.15) is 0 Å². The second kappa shape index (κ2) is 16.6. The van der Waals surface area contributed by atoms with E-state index in [4.69, 9.17) is 0 Å². The number of rotatable bonds is 2. The number of aliphatic hydroxyl groups excluding tert-OH is 1. The predicted octanol–water partition coefficient (Wildman–Crippen LogP) is 6.41. The molecule has 0 bridgehead atoms. The largest absolute Gasteiger partial charge is 0.393 e. The SMILES string of the molecule is CC.CC.CC1CCC(OC(F)F)CC1.CC1CCCCC1O. The number of ether oxygens (including phenoxy) is 1. The number of hydrogen-bond acceptors (Lipinski definition) is 2. The summed E-state index contributed by atoms with van der Waals surface area (Å²) in [6, 6.07) is 0. The Labute approximate surface area is 143 Å². The molecule has 0 amide bonds. The summed E-state index contributed by atoms with van der Waals surface area (Å²) in [6.45, 7) is 9.69. The highest BCUT2D eigenvalue weighted by Gasteiger charge is 2.21. The minimum absolute atomic E-state index is 0.00347. The Balaban J connectivity index is 0. The third-order valence-electron chi connectivity index (χ3n) is 4.32. The van der Waals surface area contributed by atoms with Crippen LogP contribution < -0.4 is 0 Å². The van der Waals surface area contributed by atoms with Crippen LogP contribution in [0.2, 0.25) is 0 Å². The summed E-state index contributed by atoms with van der Waals surface area (Å²) >= 11 is 0. The number of aliphatic hydroxyl groups is 1. The van der Waals surface area contributed by atoms with Crippen LogP contribution >= 0.6 is 0 Å². The van der Waals surface area contributed by atoms with Crippen molar-refractivity contribution < 1.29 is 18.6 Å². The maximum absolute atomic E-state index is 11.7. The Bertz CT molecular complexity index is 219. The van der Waals surface area contributed by atoms with E-state index in [1.807, 2.05) is 27.7 Å². The minimum Gasteiger partial charge on any atom is -0.393 e. The molecule has 2 aliphatic carbocycles. The fourth-order valence-electron chi connectivity index (χ4n) is 2.81. The zero-order valence-corrected chi connectivity index (χ0v) is 16.2. The molecule has 4 heteroatoms. The Morgan fingerprint density at radius 3 is 1.65 bits per heavy atom. The van der Waals surface area contributed by atoms with E-state index in [0.29, 0.717) is 11.8 Å². The molecular weight excluding hydrogens is 298 g/mol. The van der Waals surface area contributed by atoms with Crippen molar-refractivity contribution in [3.63, 3.8) is 0 Å². The van der Waals surface area contributed by atoms with Gasteiger partial charge in [-0.25, -0.2) is 0 Å². The van der Waals surface area contributed by atoms with Gasteiger partial charge in [0, 0.05) is 0 Å². The van der Waals surface area contributed by atoms with Gasteiger partial charge < -0.3 is 9.84 Å². The Hall–Kier alpha value is -0.220. The third-order valence-corrected chi connectivity index (χ3v) is 4.32. The molecule has 2 fully saturated rings. The van der Waals surface area contributed by atoms with Crippen LogP contribution in [0.5, 0.6) is 0 Å². The molecule has 0 aliphatic heterocycles. The molecule has 0 aromatic heterocycles. The summed E-state index contributed by atoms with van der Waals surface area (Å²) in [6.07, 6.45) is 8.26. The van der Waals surface area contributed by atoms with Crippen LogP contribution in [0.3, 0.4) is 0 Å². The monoisotopic (exact) mass is 338 g/mol. The minimum atomic E-state index is -2.59. The molecule has 0 aromatic rings. The molecule has 23 heavy (non-hydrogen) atoms. The first-order chi connectivity index (χ1) is 11.0. The highest BCUT2D eigenvalue weighted by atomic mass is 19.3. The van der Waals surface area contributed by atoms with Gasteiger partial charge in [-0.3, -0.25) is 0 Å². The molecule has 2 rings (SSSR count). The van der Waals surface area contributed by atoms with Crippen molar-refractivity contribution in [3.8, 4) is 0 Å². The van der Waals surface area contributed by atoms with Gasteiger partial charge in [-0.15, -0.1) is 0 Å². The highest BCUT2D eigenvalue weighted by Crippen LogP contribution is 2.26. The van der Waals surface area contributed by atoms with Crippen molar-refractivity contribution in [3.05, 3.63) is 0 Å². The average molecular weight is 339 g/mol. The smallest absolute Gasteiger partial charge is 0.345 e. The quantitative estimate of drug-likeness (QED) is 0.630. The summed E-state index contributed by atoms with van der Waals surface area (Å²) in [4.78, 5) is 0. The van der Waals surface area contributed by atoms with Gasteiger partial charge in [0.25, 0.3) is 0 Å². The molecular formula is C19H40F2O2. The lowest BCUT2D eigenvalue weighted by Crippen LogP contribution is -2.22. The Morgan fingerprint density at radius 1 is 0.826 bits per heavy atom. The molecule has 142 valence electrons. The van der Waals surface area contributed by atoms with Crippen molar-refractivity contribution in [1.29, 1.82) is 0 Å². The fourth-order valence-corrected chi connectivity index (χ4v) is 2.81. The Kier molecular flexibility index (Phi) is 18.1. The van der Waals surface area contributed by atoms with Gasteiger partial charge in [0.05, 0.1) is 12.2 Å². The normalized spacial score (nSPS) is 30.0. The lowest BCUT2D eigenvalue weighted by molar-refractivity contribution is -0.171. The van der Waals surface area contributed by atoms with Crippen molar-refractivity contribution in [2.24, 2.45) is 11.8 Å². The summed E-state index contributed by atoms with van der Waals surface area (Å²) in [7, 11) is 0. The molecule has 2 saturated carbocycles. The zero-order valence-electron chi connectivity index (χ0n) is 16.2. The van der Waals surface area contributed by atoms with Crippen LogP contribution in [0, 0.1) is 11.8 Å². The van der Waals surface area contributed by atoms with Crippen molar-refractivity contribution in [1.82, 2.24) is 0 Å². The summed E-state index contributed by atoms with van der Waals surface area (Å²) < 4.78 is 27.8. The molecule has 0 saturated heterocycles. The number of alkyl halides is 2. The first-order valence-electron chi connectivity index (χ1n) is 9.60. The van der Waals surface area contributed by atoms with E-state index in [1.54, 1.807) is 0 Å². The standard InChI is InChI=1S/C8H14F2O.C7H14O.2C2H6/c1-6-2-4-7(5-3-6)11-8(9)10;1-6-4-2-3-5-7(6)8;2*1-2/h6-8H,2-5H2,1H3;6-8H,2-5H2,1H3;2*1-2H3. The van der Waals surface area contributed by atoms with Crippen LogP contribution in [-0.4, -0.2) is 23.9 Å². The van der Waals surface area contributed by atoms with Gasteiger partial charge in [-0.2, -0.15) is 8.78 Å². The van der Waals surface area contributed by atoms with E-state index in [0.717, 1.165) is 32.1 Å². The van der Waals surface area contributed by atoms with Crippen LogP contribution in [0.25, 0.3) is 0 Å². The molecule has 0 spiro atoms. The fraction of sp³-hybridized carbons (Fsp3) is 1.00. The molecule has 0 radical (unpaired) electrons. The molecule has 1 N–H and O–H groups in total. The zero-order chi connectivity index (χ0) is 18.3. The van der Waals surface area contributed by atoms with Gasteiger partial charge in [0.2, 0.25) is 0 Å². The van der Waals surface area contributed by atoms with Crippen molar-refractivity contribution in [2.75, 3.05) is 0 Å². The third kappa shape index (κ3) is 13.9. The molecule has 2 unspecified atom stereocenters. The van der Waals surface area contributed by atoms with E-state index < -0.39 is 6.61 Å². The lowest BCUT2D eigenvalue weighted by Gasteiger charge is -2.25. The van der Waals surface area contributed by atoms with E-state index in [2.05, 4.69) is 18.6 Å². The van der Waals surface area contributed by atoms with Crippen molar-refractivity contribution in [2.45, 2.75) is 112 Å². The van der Waals surface area contributed by atoms with Crippen LogP contribution in [0.15, 0.2) is 0 Å². The molecule has 0 heterocycles. The first-order valence-corrected chi connectivity index (χ1v) is 9.60. The molecule has 2 aliphatic rings. The second-order valence-electron chi connectivity index (χ2n) is 6.11. The van der Waals surface area contributed by atoms with E-state index >= 15 is 0 Å². The van der Waals surface area contributed by atoms with Crippen LogP contribution in [0.4, 0.5) is 8.78 Å². The summed E-state index contributed by atoms with van der Waals surface area (Å²) in [5.74, 6) is 1.25. The lowest BCUT2D eigenvalue weighted by atomic mass is 9.88. The first kappa shape index (κ1) is 25.0. The predicted molar refractivity (Wildman–Crippen MR) is 94.8 cm³/mol. The van der Waals surface area contributed by atoms with E-state index in [9.17, 15) is 13.9 Å². The molecule has 0 aromatic carbocycles. The Morgan fingerprint density at radius 2 is 1.30 bits per heavy atom. The number of hydrogen-bond donors (Lipinski definition) is 1. The topological polar surface area (TPSA) is 29.5 Å².